The van der Waals surface area contributed by atoms with Gasteiger partial charge in [0, 0.05) is 0 Å². The minimum Gasteiger partial charge on any atom is -0.466 e. The van der Waals surface area contributed by atoms with Gasteiger partial charge in [-0.25, -0.2) is 0 Å². The van der Waals surface area contributed by atoms with Crippen LogP contribution in [-0.4, -0.2) is 55.8 Å². The van der Waals surface area contributed by atoms with Gasteiger partial charge in [-0.3, -0.25) is 19.2 Å². The van der Waals surface area contributed by atoms with Crippen molar-refractivity contribution in [2.75, 3.05) is 26.4 Å². The Bertz CT molecular complexity index is 371. The van der Waals surface area contributed by atoms with Crippen molar-refractivity contribution in [3.05, 3.63) is 0 Å². The van der Waals surface area contributed by atoms with E-state index in [0.717, 1.165) is 0 Å². The van der Waals surface area contributed by atoms with Gasteiger partial charge >= 0.3 is 23.9 Å². The maximum Gasteiger partial charge on any atom is 0.335 e. The first-order valence-corrected chi connectivity index (χ1v) is 7.07. The smallest absolute Gasteiger partial charge is 0.335 e. The summed E-state index contributed by atoms with van der Waals surface area (Å²) in [6.45, 7) is 5.85. The normalized spacial score (nSPS) is 10.1. The fraction of sp³-hybridized carbons (Fsp3) is 0.714. The summed E-state index contributed by atoms with van der Waals surface area (Å²) in [5.41, 5.74) is -2.51. The van der Waals surface area contributed by atoms with Gasteiger partial charge in [-0.05, 0) is 27.7 Å². The van der Waals surface area contributed by atoms with Crippen molar-refractivity contribution < 1.29 is 43.6 Å². The summed E-state index contributed by atoms with van der Waals surface area (Å²) in [7, 11) is 0. The van der Waals surface area contributed by atoms with Crippen LogP contribution in [-0.2, 0) is 38.1 Å². The highest BCUT2D eigenvalue weighted by molar-refractivity contribution is 6.19. The molecule has 0 bridgehead atoms. The number of carbonyl (C=O) groups excluding carboxylic acids is 4. The van der Waals surface area contributed by atoms with E-state index in [0.29, 0.717) is 0 Å². The molecule has 0 amide bonds. The van der Waals surface area contributed by atoms with Crippen LogP contribution >= 0.6 is 0 Å². The van der Waals surface area contributed by atoms with Gasteiger partial charge in [0.15, 0.2) is 0 Å². The zero-order chi connectivity index (χ0) is 17.2. The van der Waals surface area contributed by atoms with Crippen molar-refractivity contribution in [1.29, 1.82) is 0 Å². The highest BCUT2D eigenvalue weighted by Gasteiger charge is 2.59. The molecule has 0 spiro atoms. The molecule has 0 aromatic heterocycles. The van der Waals surface area contributed by atoms with Crippen LogP contribution in [0.2, 0.25) is 0 Å². The molecule has 0 saturated heterocycles. The van der Waals surface area contributed by atoms with Crippen molar-refractivity contribution in [1.82, 2.24) is 0 Å². The predicted octanol–water partition coefficient (Wildman–Crippen LogP) is -0.209. The third-order valence-corrected chi connectivity index (χ3v) is 2.59. The zero-order valence-electron chi connectivity index (χ0n) is 13.8. The Morgan fingerprint density at radius 2 is 0.957 bits per heavy atom. The van der Waals surface area contributed by atoms with Crippen LogP contribution in [0.4, 0.5) is 0 Å². The standard InChI is InChI=1S/C14H22O8.H2O/c1-5-19-10(15)9-14(11(16)20-6-2,12(17)21-7-3)13(18)22-8-4;/h5-9H2,1-4H3;1H2. The minimum atomic E-state index is -2.51. The molecule has 0 aromatic carbocycles. The highest BCUT2D eigenvalue weighted by atomic mass is 16.6. The molecule has 9 nitrogen and oxygen atoms in total. The molecular formula is C14H24O9. The number of hydrogen-bond donors (Lipinski definition) is 0. The Morgan fingerprint density at radius 3 is 1.22 bits per heavy atom. The molecule has 0 heterocycles. The Kier molecular flexibility index (Phi) is 11.5. The molecule has 0 atom stereocenters. The molecular weight excluding hydrogens is 312 g/mol. The molecule has 0 fully saturated rings. The Labute approximate surface area is 134 Å². The second-order valence-corrected chi connectivity index (χ2v) is 4.05. The first-order valence-electron chi connectivity index (χ1n) is 7.07. The van der Waals surface area contributed by atoms with E-state index in [2.05, 4.69) is 0 Å². The Balaban J connectivity index is 0. The fourth-order valence-electron chi connectivity index (χ4n) is 1.66. The number of rotatable bonds is 9. The lowest BCUT2D eigenvalue weighted by atomic mass is 9.84. The van der Waals surface area contributed by atoms with Crippen LogP contribution in [0.25, 0.3) is 0 Å². The molecule has 23 heavy (non-hydrogen) atoms. The van der Waals surface area contributed by atoms with Gasteiger partial charge in [-0.15, -0.1) is 0 Å². The van der Waals surface area contributed by atoms with E-state index in [1.165, 1.54) is 20.8 Å². The Hall–Kier alpha value is -2.16. The van der Waals surface area contributed by atoms with Crippen molar-refractivity contribution in [2.24, 2.45) is 5.41 Å². The van der Waals surface area contributed by atoms with Crippen LogP contribution in [0.5, 0.6) is 0 Å². The van der Waals surface area contributed by atoms with Crippen molar-refractivity contribution >= 4 is 23.9 Å². The number of carbonyl (C=O) groups is 4. The topological polar surface area (TPSA) is 137 Å². The van der Waals surface area contributed by atoms with Crippen molar-refractivity contribution in [3.8, 4) is 0 Å². The van der Waals surface area contributed by atoms with Crippen LogP contribution in [0.1, 0.15) is 34.1 Å². The van der Waals surface area contributed by atoms with E-state index < -0.39 is 35.7 Å². The SMILES string of the molecule is CCOC(=O)CC(C(=O)OCC)(C(=O)OCC)C(=O)OCC.O. The predicted molar refractivity (Wildman–Crippen MR) is 77.2 cm³/mol. The maximum atomic E-state index is 12.2. The first-order chi connectivity index (χ1) is 10.4. The monoisotopic (exact) mass is 336 g/mol. The van der Waals surface area contributed by atoms with E-state index in [9.17, 15) is 19.2 Å². The lowest BCUT2D eigenvalue weighted by molar-refractivity contribution is -0.187. The Morgan fingerprint density at radius 1 is 0.652 bits per heavy atom. The maximum absolute atomic E-state index is 12.2. The fourth-order valence-corrected chi connectivity index (χ4v) is 1.66. The van der Waals surface area contributed by atoms with Crippen molar-refractivity contribution in [3.63, 3.8) is 0 Å². The van der Waals surface area contributed by atoms with Gasteiger partial charge in [0.2, 0.25) is 0 Å². The average Bonchev–Trinajstić information content (AvgIpc) is 2.45. The van der Waals surface area contributed by atoms with E-state index in [4.69, 9.17) is 18.9 Å². The lowest BCUT2D eigenvalue weighted by Gasteiger charge is -2.26. The van der Waals surface area contributed by atoms with E-state index in [1.54, 1.807) is 6.92 Å². The van der Waals surface area contributed by atoms with Gasteiger partial charge in [0.05, 0.1) is 32.8 Å². The molecule has 0 aromatic rings. The van der Waals surface area contributed by atoms with E-state index in [1.807, 2.05) is 0 Å². The van der Waals surface area contributed by atoms with Gasteiger partial charge < -0.3 is 24.4 Å². The number of esters is 4. The van der Waals surface area contributed by atoms with Gasteiger partial charge in [-0.2, -0.15) is 0 Å². The largest absolute Gasteiger partial charge is 0.466 e. The third-order valence-electron chi connectivity index (χ3n) is 2.59. The summed E-state index contributed by atoms with van der Waals surface area (Å²) in [5.74, 6) is -4.49. The second kappa shape index (κ2) is 11.4. The lowest BCUT2D eigenvalue weighted by Crippen LogP contribution is -2.51. The van der Waals surface area contributed by atoms with Crippen molar-refractivity contribution in [2.45, 2.75) is 34.1 Å². The molecule has 0 aliphatic heterocycles. The third kappa shape index (κ3) is 5.85. The van der Waals surface area contributed by atoms with Crippen LogP contribution in [0.15, 0.2) is 0 Å². The van der Waals surface area contributed by atoms with Gasteiger partial charge in [-0.1, -0.05) is 0 Å². The average molecular weight is 336 g/mol. The molecule has 0 aliphatic rings. The quantitative estimate of drug-likeness (QED) is 0.320. The summed E-state index contributed by atoms with van der Waals surface area (Å²) >= 11 is 0. The first kappa shape index (κ1) is 23.1. The molecule has 0 saturated carbocycles. The van der Waals surface area contributed by atoms with Gasteiger partial charge in [0.1, 0.15) is 0 Å². The highest BCUT2D eigenvalue weighted by Crippen LogP contribution is 2.29. The zero-order valence-corrected chi connectivity index (χ0v) is 13.8. The number of hydrogen-bond acceptors (Lipinski definition) is 8. The summed E-state index contributed by atoms with van der Waals surface area (Å²) in [4.78, 5) is 48.4. The molecule has 0 radical (unpaired) electrons. The molecule has 0 unspecified atom stereocenters. The summed E-state index contributed by atoms with van der Waals surface area (Å²) in [5, 5.41) is 0. The van der Waals surface area contributed by atoms with Crippen LogP contribution < -0.4 is 0 Å². The number of ether oxygens (including phenoxy) is 4. The molecule has 9 heteroatoms. The molecule has 0 aliphatic carbocycles. The molecule has 0 rings (SSSR count). The van der Waals surface area contributed by atoms with Crippen LogP contribution in [0, 0.1) is 5.41 Å². The van der Waals surface area contributed by atoms with Gasteiger partial charge in [0.25, 0.3) is 5.41 Å². The minimum absolute atomic E-state index is 0. The molecule has 134 valence electrons. The van der Waals surface area contributed by atoms with E-state index in [-0.39, 0.29) is 31.9 Å². The summed E-state index contributed by atoms with van der Waals surface area (Å²) in [6, 6.07) is 0. The summed E-state index contributed by atoms with van der Waals surface area (Å²) < 4.78 is 19.0. The summed E-state index contributed by atoms with van der Waals surface area (Å²) in [6.07, 6.45) is -0.836. The van der Waals surface area contributed by atoms with Crippen LogP contribution in [0.3, 0.4) is 0 Å². The molecule has 2 N–H and O–H groups in total. The second-order valence-electron chi connectivity index (χ2n) is 4.05. The van der Waals surface area contributed by atoms with E-state index >= 15 is 0 Å².